The number of carbonyl (C=O) groups is 1. The molecule has 1 heterocycles. The van der Waals surface area contributed by atoms with Gasteiger partial charge < -0.3 is 10.2 Å². The summed E-state index contributed by atoms with van der Waals surface area (Å²) in [7, 11) is 0. The Hall–Kier alpha value is -2.29. The number of aryl methyl sites for hydroxylation is 2. The number of amides is 1. The summed E-state index contributed by atoms with van der Waals surface area (Å²) in [4.78, 5) is 10.7. The third-order valence-electron chi connectivity index (χ3n) is 2.82. The lowest BCUT2D eigenvalue weighted by Gasteiger charge is -1.93. The van der Waals surface area contributed by atoms with Crippen LogP contribution in [0.5, 0.6) is 0 Å². The number of hydrogen-bond acceptors (Lipinski definition) is 2. The van der Waals surface area contributed by atoms with E-state index in [0.717, 1.165) is 28.0 Å². The third-order valence-corrected chi connectivity index (χ3v) is 2.82. The van der Waals surface area contributed by atoms with Crippen LogP contribution in [0.15, 0.2) is 52.2 Å². The highest BCUT2D eigenvalue weighted by atomic mass is 16.3. The molecule has 0 radical (unpaired) electrons. The van der Waals surface area contributed by atoms with Gasteiger partial charge in [0, 0.05) is 11.6 Å². The molecule has 20 heavy (non-hydrogen) atoms. The smallest absolute Gasteiger partial charge is 0.241 e. The molecule has 1 aromatic rings. The molecule has 1 amide bonds. The van der Waals surface area contributed by atoms with Gasteiger partial charge in [0.2, 0.25) is 5.91 Å². The lowest BCUT2D eigenvalue weighted by molar-refractivity contribution is -0.113. The van der Waals surface area contributed by atoms with Crippen molar-refractivity contribution in [3.8, 4) is 0 Å². The van der Waals surface area contributed by atoms with Gasteiger partial charge in [-0.1, -0.05) is 36.0 Å². The van der Waals surface area contributed by atoms with E-state index in [-0.39, 0.29) is 0 Å². The van der Waals surface area contributed by atoms with Crippen LogP contribution in [0, 0.1) is 13.8 Å². The largest absolute Gasteiger partial charge is 0.469 e. The molecule has 0 aliphatic heterocycles. The molecular formula is C17H21NO2. The molecule has 3 nitrogen and oxygen atoms in total. The van der Waals surface area contributed by atoms with Gasteiger partial charge in [-0.25, -0.2) is 0 Å². The Bertz CT molecular complexity index is 579. The van der Waals surface area contributed by atoms with Crippen molar-refractivity contribution >= 4 is 12.0 Å². The van der Waals surface area contributed by atoms with Crippen LogP contribution in [0.1, 0.15) is 30.7 Å². The summed E-state index contributed by atoms with van der Waals surface area (Å²) in [6, 6.07) is 0. The second-order valence-electron chi connectivity index (χ2n) is 4.78. The topological polar surface area (TPSA) is 56.2 Å². The molecule has 2 N–H and O–H groups in total. The van der Waals surface area contributed by atoms with Crippen LogP contribution in [-0.2, 0) is 4.79 Å². The van der Waals surface area contributed by atoms with Gasteiger partial charge in [-0.3, -0.25) is 4.79 Å². The summed E-state index contributed by atoms with van der Waals surface area (Å²) in [5.41, 5.74) is 9.25. The zero-order chi connectivity index (χ0) is 15.1. The van der Waals surface area contributed by atoms with Crippen LogP contribution in [0.4, 0.5) is 0 Å². The Balaban J connectivity index is 2.72. The highest BCUT2D eigenvalue weighted by molar-refractivity contribution is 5.86. The molecule has 0 unspecified atom stereocenters. The number of primary amides is 1. The average molecular weight is 271 g/mol. The Kier molecular flexibility index (Phi) is 5.78. The van der Waals surface area contributed by atoms with Gasteiger partial charge in [-0.05, 0) is 38.8 Å². The summed E-state index contributed by atoms with van der Waals surface area (Å²) in [5, 5.41) is 0. The highest BCUT2D eigenvalue weighted by Gasteiger charge is 2.01. The van der Waals surface area contributed by atoms with Crippen molar-refractivity contribution in [3.63, 3.8) is 0 Å². The first-order valence-corrected chi connectivity index (χ1v) is 6.45. The monoisotopic (exact) mass is 271 g/mol. The second-order valence-corrected chi connectivity index (χ2v) is 4.78. The molecule has 0 aliphatic carbocycles. The van der Waals surface area contributed by atoms with E-state index in [4.69, 9.17) is 10.2 Å². The van der Waals surface area contributed by atoms with Gasteiger partial charge >= 0.3 is 0 Å². The van der Waals surface area contributed by atoms with Crippen molar-refractivity contribution in [3.05, 3.63) is 64.7 Å². The number of allylic oxidation sites excluding steroid dienone is 6. The van der Waals surface area contributed by atoms with Crippen molar-refractivity contribution < 1.29 is 9.21 Å². The second kappa shape index (κ2) is 7.34. The molecule has 0 saturated carbocycles. The van der Waals surface area contributed by atoms with Crippen molar-refractivity contribution in [2.24, 2.45) is 5.73 Å². The molecule has 0 fully saturated rings. The predicted octanol–water partition coefficient (Wildman–Crippen LogP) is 3.84. The predicted molar refractivity (Wildman–Crippen MR) is 83.1 cm³/mol. The van der Waals surface area contributed by atoms with E-state index in [2.05, 4.69) is 0 Å². The summed E-state index contributed by atoms with van der Waals surface area (Å²) in [6.45, 7) is 7.81. The number of rotatable bonds is 5. The maximum Gasteiger partial charge on any atom is 0.241 e. The standard InChI is InChI=1S/C17H21NO2/c1-12(6-5-7-13(2)10-17(18)19)8-9-16-14(3)11-20-15(16)4/h5-11H,1-4H3,(H2,18,19)/b7-5+,9-8+,12-6+,13-10+. The van der Waals surface area contributed by atoms with E-state index >= 15 is 0 Å². The van der Waals surface area contributed by atoms with Crippen LogP contribution >= 0.6 is 0 Å². The van der Waals surface area contributed by atoms with Crippen LogP contribution in [-0.4, -0.2) is 5.91 Å². The van der Waals surface area contributed by atoms with Crippen molar-refractivity contribution in [2.45, 2.75) is 27.7 Å². The molecule has 1 aromatic heterocycles. The highest BCUT2D eigenvalue weighted by Crippen LogP contribution is 2.17. The van der Waals surface area contributed by atoms with E-state index < -0.39 is 5.91 Å². The molecular weight excluding hydrogens is 250 g/mol. The average Bonchev–Trinajstić information content (AvgIpc) is 2.65. The molecule has 0 saturated heterocycles. The van der Waals surface area contributed by atoms with Gasteiger partial charge in [0.1, 0.15) is 5.76 Å². The van der Waals surface area contributed by atoms with Crippen LogP contribution in [0.2, 0.25) is 0 Å². The minimum Gasteiger partial charge on any atom is -0.469 e. The van der Waals surface area contributed by atoms with Gasteiger partial charge in [0.25, 0.3) is 0 Å². The number of nitrogens with two attached hydrogens (primary N) is 1. The summed E-state index contributed by atoms with van der Waals surface area (Å²) in [6.07, 6.45) is 12.9. The molecule has 0 aliphatic rings. The molecule has 1 rings (SSSR count). The van der Waals surface area contributed by atoms with E-state index in [1.807, 2.05) is 58.1 Å². The molecule has 0 bridgehead atoms. The molecule has 3 heteroatoms. The van der Waals surface area contributed by atoms with Gasteiger partial charge in [0.05, 0.1) is 6.26 Å². The number of hydrogen-bond donors (Lipinski definition) is 1. The Labute approximate surface area is 120 Å². The van der Waals surface area contributed by atoms with Crippen molar-refractivity contribution in [2.75, 3.05) is 0 Å². The fraction of sp³-hybridized carbons (Fsp3) is 0.235. The normalized spacial score (nSPS) is 13.6. The van der Waals surface area contributed by atoms with Crippen molar-refractivity contribution in [1.29, 1.82) is 0 Å². The Morgan fingerprint density at radius 3 is 2.45 bits per heavy atom. The third kappa shape index (κ3) is 5.14. The minimum absolute atomic E-state index is 0.432. The van der Waals surface area contributed by atoms with Gasteiger partial charge in [-0.15, -0.1) is 0 Å². The lowest BCUT2D eigenvalue weighted by Crippen LogP contribution is -2.06. The maximum atomic E-state index is 10.7. The van der Waals surface area contributed by atoms with E-state index in [1.165, 1.54) is 6.08 Å². The quantitative estimate of drug-likeness (QED) is 0.653. The summed E-state index contributed by atoms with van der Waals surface area (Å²) >= 11 is 0. The summed E-state index contributed by atoms with van der Waals surface area (Å²) in [5.74, 6) is 0.487. The van der Waals surface area contributed by atoms with Crippen LogP contribution in [0.25, 0.3) is 6.08 Å². The lowest BCUT2D eigenvalue weighted by atomic mass is 10.1. The molecule has 0 aromatic carbocycles. The zero-order valence-corrected chi connectivity index (χ0v) is 12.4. The summed E-state index contributed by atoms with van der Waals surface area (Å²) < 4.78 is 5.34. The molecule has 106 valence electrons. The SMILES string of the molecule is CC(/C=C/c1c(C)coc1C)=C\C=C\C(C)=C\C(N)=O. The van der Waals surface area contributed by atoms with Gasteiger partial charge in [-0.2, -0.15) is 0 Å². The minimum atomic E-state index is -0.432. The first kappa shape index (κ1) is 15.8. The Morgan fingerprint density at radius 1 is 1.20 bits per heavy atom. The molecule has 0 atom stereocenters. The van der Waals surface area contributed by atoms with E-state index in [1.54, 1.807) is 6.26 Å². The molecule has 0 spiro atoms. The van der Waals surface area contributed by atoms with E-state index in [0.29, 0.717) is 0 Å². The number of furan rings is 1. The maximum absolute atomic E-state index is 10.7. The van der Waals surface area contributed by atoms with Crippen LogP contribution in [0.3, 0.4) is 0 Å². The fourth-order valence-electron chi connectivity index (χ4n) is 1.72. The first-order valence-electron chi connectivity index (χ1n) is 6.45. The van der Waals surface area contributed by atoms with Crippen molar-refractivity contribution in [1.82, 2.24) is 0 Å². The Morgan fingerprint density at radius 2 is 1.90 bits per heavy atom. The first-order chi connectivity index (χ1) is 9.40. The number of carbonyl (C=O) groups excluding carboxylic acids is 1. The van der Waals surface area contributed by atoms with E-state index in [9.17, 15) is 4.79 Å². The zero-order valence-electron chi connectivity index (χ0n) is 12.4. The van der Waals surface area contributed by atoms with Gasteiger partial charge in [0.15, 0.2) is 0 Å². The fourth-order valence-corrected chi connectivity index (χ4v) is 1.72. The van der Waals surface area contributed by atoms with Crippen LogP contribution < -0.4 is 5.73 Å².